The van der Waals surface area contributed by atoms with E-state index in [-0.39, 0.29) is 13.0 Å². The van der Waals surface area contributed by atoms with Crippen molar-refractivity contribution in [3.05, 3.63) is 0 Å². The first kappa shape index (κ1) is 9.59. The fourth-order valence-electron chi connectivity index (χ4n) is 1.21. The van der Waals surface area contributed by atoms with Crippen LogP contribution in [0.3, 0.4) is 0 Å². The Balaban J connectivity index is 2.94. The molecule has 12 heavy (non-hydrogen) atoms. The molecule has 1 amide bonds. The van der Waals surface area contributed by atoms with E-state index in [2.05, 4.69) is 0 Å². The summed E-state index contributed by atoms with van der Waals surface area (Å²) in [5, 5.41) is 7.94. The smallest absolute Gasteiger partial charge is 0.281 e. The molecular formula is C5H10NO5S+. The lowest BCUT2D eigenvalue weighted by Gasteiger charge is -2.39. The van der Waals surface area contributed by atoms with Crippen LogP contribution < -0.4 is 0 Å². The first-order valence-electron chi connectivity index (χ1n) is 3.36. The van der Waals surface area contributed by atoms with E-state index in [4.69, 9.17) is 4.55 Å². The van der Waals surface area contributed by atoms with Crippen LogP contribution in [-0.4, -0.2) is 40.6 Å². The lowest BCUT2D eigenvalue weighted by molar-refractivity contribution is -1.08. The van der Waals surface area contributed by atoms with Gasteiger partial charge in [-0.3, -0.25) is 4.55 Å². The second kappa shape index (κ2) is 2.49. The summed E-state index contributed by atoms with van der Waals surface area (Å²) in [6, 6.07) is 0. The zero-order valence-corrected chi connectivity index (χ0v) is 7.28. The van der Waals surface area contributed by atoms with Crippen LogP contribution in [0.5, 0.6) is 0 Å². The average Bonchev–Trinajstić information content (AvgIpc) is 1.79. The largest absolute Gasteiger partial charge is 0.343 e. The summed E-state index contributed by atoms with van der Waals surface area (Å²) in [4.78, 5) is 10.8. The van der Waals surface area contributed by atoms with Gasteiger partial charge in [-0.25, -0.2) is 10.0 Å². The van der Waals surface area contributed by atoms with Gasteiger partial charge in [0.15, 0.2) is 0 Å². The van der Waals surface area contributed by atoms with Gasteiger partial charge in [0.05, 0.1) is 13.3 Å². The molecule has 1 aliphatic rings. The highest BCUT2D eigenvalue weighted by Gasteiger charge is 2.57. The molecule has 1 fully saturated rings. The molecule has 0 bridgehead atoms. The number of amides is 1. The molecule has 0 spiro atoms. The van der Waals surface area contributed by atoms with Gasteiger partial charge in [0.1, 0.15) is 6.54 Å². The molecule has 2 atom stereocenters. The van der Waals surface area contributed by atoms with E-state index in [1.165, 1.54) is 0 Å². The zero-order chi connectivity index (χ0) is 9.57. The van der Waals surface area contributed by atoms with Crippen molar-refractivity contribution in [1.29, 1.82) is 0 Å². The summed E-state index contributed by atoms with van der Waals surface area (Å²) >= 11 is 0. The first-order valence-corrected chi connectivity index (χ1v) is 4.87. The second-order valence-corrected chi connectivity index (χ2v) is 4.40. The van der Waals surface area contributed by atoms with E-state index in [0.29, 0.717) is 0 Å². The molecule has 0 aromatic rings. The number of carbonyl (C=O) groups is 1. The molecule has 1 aliphatic heterocycles. The SMILES string of the molecule is CC(=O)[N+]1(O)CCC1S(=O)(=O)O. The second-order valence-electron chi connectivity index (χ2n) is 2.83. The molecular weight excluding hydrogens is 186 g/mol. The summed E-state index contributed by atoms with van der Waals surface area (Å²) in [7, 11) is -4.32. The van der Waals surface area contributed by atoms with Gasteiger partial charge in [0.2, 0.25) is 0 Å². The van der Waals surface area contributed by atoms with Crippen LogP contribution in [0, 0.1) is 0 Å². The van der Waals surface area contributed by atoms with E-state index in [9.17, 15) is 18.4 Å². The molecule has 0 aromatic heterocycles. The fraction of sp³-hybridized carbons (Fsp3) is 0.800. The number of hydroxylamine groups is 3. The Hall–Kier alpha value is -0.500. The van der Waals surface area contributed by atoms with Crippen LogP contribution >= 0.6 is 0 Å². The summed E-state index contributed by atoms with van der Waals surface area (Å²) in [5.74, 6) is -0.677. The number of rotatable bonds is 1. The van der Waals surface area contributed by atoms with Gasteiger partial charge >= 0.3 is 16.0 Å². The maximum absolute atomic E-state index is 10.8. The van der Waals surface area contributed by atoms with Gasteiger partial charge < -0.3 is 0 Å². The Morgan fingerprint density at radius 2 is 2.08 bits per heavy atom. The molecule has 70 valence electrons. The molecule has 0 aromatic carbocycles. The van der Waals surface area contributed by atoms with Crippen molar-refractivity contribution in [2.24, 2.45) is 0 Å². The third kappa shape index (κ3) is 1.24. The minimum atomic E-state index is -4.32. The predicted octanol–water partition coefficient (Wildman–Crippen LogP) is -0.643. The van der Waals surface area contributed by atoms with Crippen molar-refractivity contribution in [2.75, 3.05) is 6.54 Å². The van der Waals surface area contributed by atoms with Crippen LogP contribution in [0.25, 0.3) is 0 Å². The molecule has 6 nitrogen and oxygen atoms in total. The monoisotopic (exact) mass is 196 g/mol. The number of hydrogen-bond acceptors (Lipinski definition) is 4. The summed E-state index contributed by atoms with van der Waals surface area (Å²) in [6.07, 6.45) is 0.106. The highest BCUT2D eigenvalue weighted by Crippen LogP contribution is 2.29. The highest BCUT2D eigenvalue weighted by molar-refractivity contribution is 7.86. The Morgan fingerprint density at radius 1 is 1.58 bits per heavy atom. The van der Waals surface area contributed by atoms with Gasteiger partial charge in [-0.05, 0) is 0 Å². The maximum atomic E-state index is 10.8. The van der Waals surface area contributed by atoms with Crippen molar-refractivity contribution in [1.82, 2.24) is 0 Å². The van der Waals surface area contributed by atoms with Gasteiger partial charge in [-0.15, -0.1) is 4.65 Å². The van der Waals surface area contributed by atoms with E-state index in [1.807, 2.05) is 0 Å². The Morgan fingerprint density at radius 3 is 2.17 bits per heavy atom. The third-order valence-electron chi connectivity index (χ3n) is 2.08. The minimum absolute atomic E-state index is 0.0415. The summed E-state index contributed by atoms with van der Waals surface area (Å²) in [6.45, 7) is 1.12. The van der Waals surface area contributed by atoms with Gasteiger partial charge in [-0.1, -0.05) is 0 Å². The van der Waals surface area contributed by atoms with E-state index < -0.39 is 26.0 Å². The maximum Gasteiger partial charge on any atom is 0.343 e. The standard InChI is InChI=1S/C5H9NO5S/c1-4(7)6(8)3-2-5(6)12(9,10)11/h5,8H,2-3H2,1H3/p+1. The Labute approximate surface area is 69.7 Å². The molecule has 1 saturated heterocycles. The number of nitrogens with zero attached hydrogens (tertiary/aromatic N) is 1. The lowest BCUT2D eigenvalue weighted by atomic mass is 10.2. The summed E-state index contributed by atoms with van der Waals surface area (Å²) < 4.78 is 28.5. The van der Waals surface area contributed by atoms with Crippen LogP contribution in [0.2, 0.25) is 0 Å². The molecule has 0 radical (unpaired) electrons. The van der Waals surface area contributed by atoms with Gasteiger partial charge in [0, 0.05) is 0 Å². The van der Waals surface area contributed by atoms with Crippen LogP contribution in [-0.2, 0) is 14.9 Å². The summed E-state index contributed by atoms with van der Waals surface area (Å²) in [5.41, 5.74) is 0. The van der Waals surface area contributed by atoms with E-state index in [0.717, 1.165) is 6.92 Å². The van der Waals surface area contributed by atoms with Crippen molar-refractivity contribution >= 4 is 16.0 Å². The molecule has 0 saturated carbocycles. The Bertz CT molecular complexity index is 310. The molecule has 7 heteroatoms. The molecule has 2 N–H and O–H groups in total. The molecule has 0 aliphatic carbocycles. The quantitative estimate of drug-likeness (QED) is 0.330. The molecule has 1 heterocycles. The van der Waals surface area contributed by atoms with Crippen molar-refractivity contribution in [3.8, 4) is 0 Å². The van der Waals surface area contributed by atoms with Crippen LogP contribution in [0.4, 0.5) is 0 Å². The topological polar surface area (TPSA) is 91.7 Å². The normalized spacial score (nSPS) is 35.8. The minimum Gasteiger partial charge on any atom is -0.281 e. The van der Waals surface area contributed by atoms with Crippen LogP contribution in [0.15, 0.2) is 0 Å². The first-order chi connectivity index (χ1) is 5.28. The van der Waals surface area contributed by atoms with E-state index in [1.54, 1.807) is 0 Å². The fourth-order valence-corrected chi connectivity index (χ4v) is 2.31. The number of hydrogen-bond donors (Lipinski definition) is 2. The highest BCUT2D eigenvalue weighted by atomic mass is 32.2. The van der Waals surface area contributed by atoms with Gasteiger partial charge in [0.25, 0.3) is 5.37 Å². The number of quaternary nitrogens is 1. The predicted molar refractivity (Wildman–Crippen MR) is 37.5 cm³/mol. The molecule has 2 unspecified atom stereocenters. The Kier molecular flexibility index (Phi) is 1.99. The number of likely N-dealkylation sites (tertiary alicyclic amines) is 1. The lowest BCUT2D eigenvalue weighted by Crippen LogP contribution is -2.67. The molecule has 1 rings (SSSR count). The third-order valence-corrected chi connectivity index (χ3v) is 3.35. The number of carbonyl (C=O) groups excluding carboxylic acids is 1. The van der Waals surface area contributed by atoms with Gasteiger partial charge in [-0.2, -0.15) is 8.42 Å². The van der Waals surface area contributed by atoms with Crippen molar-refractivity contribution in [3.63, 3.8) is 0 Å². The zero-order valence-electron chi connectivity index (χ0n) is 6.47. The van der Waals surface area contributed by atoms with Crippen molar-refractivity contribution < 1.29 is 27.6 Å². The van der Waals surface area contributed by atoms with E-state index >= 15 is 0 Å². The van der Waals surface area contributed by atoms with Crippen molar-refractivity contribution in [2.45, 2.75) is 18.7 Å². The van der Waals surface area contributed by atoms with Crippen LogP contribution in [0.1, 0.15) is 13.3 Å². The average molecular weight is 196 g/mol.